The van der Waals surface area contributed by atoms with Gasteiger partial charge >= 0.3 is 0 Å². The number of likely N-dealkylation sites (tertiary alicyclic amines) is 1. The number of ether oxygens (including phenoxy) is 1. The molecular weight excluding hydrogens is 620 g/mol. The van der Waals surface area contributed by atoms with Gasteiger partial charge in [0.05, 0.1) is 40.3 Å². The highest BCUT2D eigenvalue weighted by Crippen LogP contribution is 2.41. The lowest BCUT2D eigenvalue weighted by atomic mass is 10.1. The monoisotopic (exact) mass is 651 g/mol. The molecule has 6 rings (SSSR count). The number of hydrogen-bond donors (Lipinski definition) is 4. The zero-order valence-corrected chi connectivity index (χ0v) is 26.0. The minimum atomic E-state index is -0.484. The Kier molecular flexibility index (Phi) is 9.43. The fourth-order valence-corrected chi connectivity index (χ4v) is 6.09. The maximum atomic E-state index is 15.4. The fraction of sp³-hybridized carbons (Fsp3) is 0.312. The molecule has 2 fully saturated rings. The number of anilines is 2. The minimum Gasteiger partial charge on any atom is -0.481 e. The summed E-state index contributed by atoms with van der Waals surface area (Å²) in [6, 6.07) is 12.6. The molecule has 234 valence electrons. The van der Waals surface area contributed by atoms with E-state index in [2.05, 4.69) is 25.9 Å². The lowest BCUT2D eigenvalue weighted by molar-refractivity contribution is -0.119. The number of pyridine rings is 3. The predicted octanol–water partition coefficient (Wildman–Crippen LogP) is 4.95. The van der Waals surface area contributed by atoms with Crippen LogP contribution in [0.5, 0.6) is 5.88 Å². The standard InChI is InChI=1S/C32H32Cl2FN7O3/c1-45-32-18(13-36-14-20-6-8-26(44)39-20)5-7-24(41-32)22-10-12-37-30(28(22)34)23-3-2-4-25(27(23)33)40-31-29(35)19(9-11-38-31)15-42-16-21(43)17-42/h2-5,7,9-12,20-21,36,43H,6,8,13-17H2,1H3,(H,38,40)(H,39,44)/t20-/m0/s1. The van der Waals surface area contributed by atoms with Gasteiger partial charge in [-0.2, -0.15) is 0 Å². The lowest BCUT2D eigenvalue weighted by Gasteiger charge is -2.35. The van der Waals surface area contributed by atoms with Gasteiger partial charge in [0.25, 0.3) is 0 Å². The first-order valence-electron chi connectivity index (χ1n) is 14.6. The van der Waals surface area contributed by atoms with E-state index in [1.807, 2.05) is 17.0 Å². The molecule has 2 aliphatic heterocycles. The quantitative estimate of drug-likeness (QED) is 0.178. The molecule has 0 aliphatic carbocycles. The van der Waals surface area contributed by atoms with Crippen LogP contribution in [0.2, 0.25) is 10.0 Å². The van der Waals surface area contributed by atoms with Gasteiger partial charge in [-0.3, -0.25) is 14.7 Å². The third-order valence-corrected chi connectivity index (χ3v) is 8.69. The third-order valence-electron chi connectivity index (χ3n) is 7.90. The van der Waals surface area contributed by atoms with Crippen LogP contribution < -0.4 is 20.7 Å². The zero-order chi connectivity index (χ0) is 31.5. The molecule has 2 saturated heterocycles. The number of nitrogens with zero attached hydrogens (tertiary/aromatic N) is 4. The predicted molar refractivity (Wildman–Crippen MR) is 171 cm³/mol. The number of aliphatic hydroxyl groups is 1. The summed E-state index contributed by atoms with van der Waals surface area (Å²) in [6.45, 7) is 2.57. The number of carbonyl (C=O) groups excluding carboxylic acids is 1. The molecule has 1 aromatic carbocycles. The van der Waals surface area contributed by atoms with E-state index in [0.717, 1.165) is 12.0 Å². The molecule has 3 aromatic heterocycles. The van der Waals surface area contributed by atoms with E-state index in [9.17, 15) is 9.90 Å². The Bertz CT molecular complexity index is 1720. The molecule has 13 heteroatoms. The van der Waals surface area contributed by atoms with Gasteiger partial charge < -0.3 is 25.8 Å². The normalized spacial score (nSPS) is 16.8. The first-order valence-corrected chi connectivity index (χ1v) is 15.3. The summed E-state index contributed by atoms with van der Waals surface area (Å²) in [7, 11) is 1.56. The Labute approximate surface area is 270 Å². The number of nitrogens with one attached hydrogen (secondary N) is 3. The largest absolute Gasteiger partial charge is 0.481 e. The van der Waals surface area contributed by atoms with Crippen LogP contribution in [0, 0.1) is 5.82 Å². The topological polar surface area (TPSA) is 125 Å². The number of rotatable bonds is 11. The summed E-state index contributed by atoms with van der Waals surface area (Å²) in [5.41, 5.74) is 3.99. The van der Waals surface area contributed by atoms with Gasteiger partial charge in [0, 0.05) is 79.8 Å². The first-order chi connectivity index (χ1) is 21.8. The third kappa shape index (κ3) is 6.87. The molecule has 0 spiro atoms. The maximum Gasteiger partial charge on any atom is 0.220 e. The summed E-state index contributed by atoms with van der Waals surface area (Å²) in [5, 5.41) is 19.5. The Morgan fingerprint density at radius 3 is 2.64 bits per heavy atom. The van der Waals surface area contributed by atoms with Crippen molar-refractivity contribution in [2.75, 3.05) is 32.1 Å². The SMILES string of the molecule is COc1nc(-c2ccnc(-c3cccc(Nc4nccc(CN5CC(O)C5)c4F)c3Cl)c2Cl)ccc1CNC[C@@H]1CCC(=O)N1. The average Bonchev–Trinajstić information content (AvgIpc) is 3.44. The van der Waals surface area contributed by atoms with Gasteiger partial charge in [0.2, 0.25) is 11.8 Å². The Balaban J connectivity index is 1.21. The number of halogens is 3. The summed E-state index contributed by atoms with van der Waals surface area (Å²) in [4.78, 5) is 26.8. The van der Waals surface area contributed by atoms with Gasteiger partial charge in [0.15, 0.2) is 11.6 Å². The minimum absolute atomic E-state index is 0.0410. The summed E-state index contributed by atoms with van der Waals surface area (Å²) in [6.07, 6.45) is 4.17. The van der Waals surface area contributed by atoms with Crippen molar-refractivity contribution < 1.29 is 19.0 Å². The van der Waals surface area contributed by atoms with Crippen LogP contribution in [0.25, 0.3) is 22.5 Å². The van der Waals surface area contributed by atoms with E-state index in [-0.39, 0.29) is 23.9 Å². The molecule has 4 N–H and O–H groups in total. The summed E-state index contributed by atoms with van der Waals surface area (Å²) >= 11 is 13.8. The molecule has 1 atom stereocenters. The van der Waals surface area contributed by atoms with Gasteiger partial charge in [0.1, 0.15) is 0 Å². The highest BCUT2D eigenvalue weighted by atomic mass is 35.5. The second-order valence-corrected chi connectivity index (χ2v) is 11.8. The second-order valence-electron chi connectivity index (χ2n) is 11.1. The van der Waals surface area contributed by atoms with Crippen molar-refractivity contribution in [3.63, 3.8) is 0 Å². The molecule has 1 amide bonds. The molecule has 2 aliphatic rings. The van der Waals surface area contributed by atoms with Crippen LogP contribution in [0.1, 0.15) is 24.0 Å². The van der Waals surface area contributed by atoms with Crippen molar-refractivity contribution in [2.45, 2.75) is 38.1 Å². The molecule has 0 bridgehead atoms. The highest BCUT2D eigenvalue weighted by molar-refractivity contribution is 6.39. The lowest BCUT2D eigenvalue weighted by Crippen LogP contribution is -2.49. The maximum absolute atomic E-state index is 15.4. The number of aromatic nitrogens is 3. The van der Waals surface area contributed by atoms with Crippen molar-refractivity contribution in [3.8, 4) is 28.4 Å². The summed E-state index contributed by atoms with van der Waals surface area (Å²) < 4.78 is 20.9. The number of methoxy groups -OCH3 is 1. The smallest absolute Gasteiger partial charge is 0.220 e. The molecule has 4 aromatic rings. The summed E-state index contributed by atoms with van der Waals surface area (Å²) in [5.74, 6) is 0.0951. The molecule has 0 saturated carbocycles. The first kappa shape index (κ1) is 31.1. The van der Waals surface area contributed by atoms with Gasteiger partial charge in [-0.15, -0.1) is 0 Å². The van der Waals surface area contributed by atoms with Crippen molar-refractivity contribution >= 4 is 40.6 Å². The number of carbonyl (C=O) groups is 1. The van der Waals surface area contributed by atoms with Crippen molar-refractivity contribution in [1.82, 2.24) is 30.5 Å². The number of amides is 1. The highest BCUT2D eigenvalue weighted by Gasteiger charge is 2.26. The molecule has 5 heterocycles. The number of β-amino-alcohol motifs (C(OH)–C–C–N with tert-alkyl or cyclic N) is 1. The van der Waals surface area contributed by atoms with Crippen LogP contribution in [-0.2, 0) is 17.9 Å². The number of hydrogen-bond acceptors (Lipinski definition) is 9. The van der Waals surface area contributed by atoms with E-state index in [4.69, 9.17) is 32.9 Å². The van der Waals surface area contributed by atoms with E-state index in [0.29, 0.717) is 88.8 Å². The molecule has 10 nitrogen and oxygen atoms in total. The van der Waals surface area contributed by atoms with Crippen LogP contribution in [-0.4, -0.2) is 69.8 Å². The van der Waals surface area contributed by atoms with Gasteiger partial charge in [-0.25, -0.2) is 14.4 Å². The van der Waals surface area contributed by atoms with Crippen LogP contribution >= 0.6 is 23.2 Å². The number of benzene rings is 1. The van der Waals surface area contributed by atoms with Crippen LogP contribution in [0.4, 0.5) is 15.9 Å². The molecular formula is C32H32Cl2FN7O3. The van der Waals surface area contributed by atoms with Crippen molar-refractivity contribution in [1.29, 1.82) is 0 Å². The second kappa shape index (κ2) is 13.6. The van der Waals surface area contributed by atoms with Crippen molar-refractivity contribution in [2.24, 2.45) is 0 Å². The fourth-order valence-electron chi connectivity index (χ4n) is 5.52. The molecule has 0 radical (unpaired) electrons. The van der Waals surface area contributed by atoms with E-state index < -0.39 is 5.82 Å². The Morgan fingerprint density at radius 2 is 1.89 bits per heavy atom. The van der Waals surface area contributed by atoms with Crippen molar-refractivity contribution in [3.05, 3.63) is 81.8 Å². The zero-order valence-electron chi connectivity index (χ0n) is 24.5. The van der Waals surface area contributed by atoms with Gasteiger partial charge in [-0.1, -0.05) is 41.4 Å². The van der Waals surface area contributed by atoms with E-state index in [1.165, 1.54) is 6.20 Å². The Morgan fingerprint density at radius 1 is 1.07 bits per heavy atom. The van der Waals surface area contributed by atoms with Crippen LogP contribution in [0.3, 0.4) is 0 Å². The molecule has 0 unspecified atom stereocenters. The van der Waals surface area contributed by atoms with Crippen LogP contribution in [0.15, 0.2) is 54.9 Å². The van der Waals surface area contributed by atoms with E-state index >= 15 is 4.39 Å². The number of aliphatic hydroxyl groups excluding tert-OH is 1. The molecule has 45 heavy (non-hydrogen) atoms. The van der Waals surface area contributed by atoms with E-state index in [1.54, 1.807) is 43.6 Å². The van der Waals surface area contributed by atoms with Gasteiger partial charge in [-0.05, 0) is 30.7 Å². The average molecular weight is 653 g/mol. The Hall–Kier alpha value is -3.87.